The third kappa shape index (κ3) is 4.27. The quantitative estimate of drug-likeness (QED) is 0.663. The van der Waals surface area contributed by atoms with E-state index in [0.717, 1.165) is 5.56 Å². The third-order valence-electron chi connectivity index (χ3n) is 2.14. The maximum atomic E-state index is 9.73. The van der Waals surface area contributed by atoms with Crippen molar-refractivity contribution in [1.82, 2.24) is 10.3 Å². The fourth-order valence-corrected chi connectivity index (χ4v) is 1.32. The minimum atomic E-state index is -0.418. The molecule has 0 bridgehead atoms. The van der Waals surface area contributed by atoms with Crippen LogP contribution in [0, 0.1) is 0 Å². The molecule has 0 saturated heterocycles. The number of aromatic nitrogens is 1. The average Bonchev–Trinajstić information content (AvgIpc) is 2.18. The van der Waals surface area contributed by atoms with Crippen molar-refractivity contribution in [3.8, 4) is 0 Å². The van der Waals surface area contributed by atoms with Crippen molar-refractivity contribution in [2.45, 2.75) is 32.4 Å². The molecule has 1 aromatic heterocycles. The number of pyridine rings is 1. The Labute approximate surface area is 90.5 Å². The fraction of sp³-hybridized carbons (Fsp3) is 0.545. The summed E-state index contributed by atoms with van der Waals surface area (Å²) in [5.41, 5.74) is 6.58. The molecule has 4 heteroatoms. The molecule has 1 unspecified atom stereocenters. The molecule has 1 atom stereocenters. The Morgan fingerprint density at radius 1 is 1.53 bits per heavy atom. The maximum absolute atomic E-state index is 9.73. The number of rotatable bonds is 5. The van der Waals surface area contributed by atoms with Crippen molar-refractivity contribution in [3.05, 3.63) is 23.9 Å². The van der Waals surface area contributed by atoms with Crippen molar-refractivity contribution in [2.24, 2.45) is 0 Å². The van der Waals surface area contributed by atoms with Crippen LogP contribution in [0.5, 0.6) is 0 Å². The lowest BCUT2D eigenvalue weighted by atomic mass is 10.1. The van der Waals surface area contributed by atoms with Crippen molar-refractivity contribution in [1.29, 1.82) is 0 Å². The molecule has 0 aliphatic carbocycles. The molecule has 1 aromatic rings. The number of aliphatic hydroxyl groups excluding tert-OH is 1. The standard InChI is InChI=1S/C11H19N3O/c1-8(2)14-7-10(15)6-9-4-3-5-13-11(9)12/h3-5,8,10,14-15H,6-7H2,1-2H3,(H2,12,13). The first-order valence-corrected chi connectivity index (χ1v) is 5.20. The number of nitrogens with zero attached hydrogens (tertiary/aromatic N) is 1. The van der Waals surface area contributed by atoms with E-state index < -0.39 is 6.10 Å². The van der Waals surface area contributed by atoms with Crippen molar-refractivity contribution >= 4 is 5.82 Å². The van der Waals surface area contributed by atoms with Gasteiger partial charge in [0.05, 0.1) is 6.10 Å². The number of aliphatic hydroxyl groups is 1. The number of hydrogen-bond acceptors (Lipinski definition) is 4. The maximum Gasteiger partial charge on any atom is 0.126 e. The second-order valence-electron chi connectivity index (χ2n) is 3.97. The summed E-state index contributed by atoms with van der Waals surface area (Å²) < 4.78 is 0. The highest BCUT2D eigenvalue weighted by Crippen LogP contribution is 2.09. The third-order valence-corrected chi connectivity index (χ3v) is 2.14. The molecule has 0 fully saturated rings. The Balaban J connectivity index is 2.44. The molecule has 0 aliphatic rings. The van der Waals surface area contributed by atoms with E-state index in [9.17, 15) is 5.11 Å². The van der Waals surface area contributed by atoms with Crippen LogP contribution >= 0.6 is 0 Å². The van der Waals surface area contributed by atoms with Crippen LogP contribution < -0.4 is 11.1 Å². The second-order valence-corrected chi connectivity index (χ2v) is 3.97. The van der Waals surface area contributed by atoms with Crippen LogP contribution in [0.4, 0.5) is 5.82 Å². The Hall–Kier alpha value is -1.13. The Kier molecular flexibility index (Phi) is 4.52. The van der Waals surface area contributed by atoms with E-state index in [0.29, 0.717) is 24.8 Å². The topological polar surface area (TPSA) is 71.2 Å². The molecular weight excluding hydrogens is 190 g/mol. The minimum absolute atomic E-state index is 0.380. The summed E-state index contributed by atoms with van der Waals surface area (Å²) in [6.07, 6.45) is 1.77. The SMILES string of the molecule is CC(C)NCC(O)Cc1cccnc1N. The smallest absolute Gasteiger partial charge is 0.126 e. The van der Waals surface area contributed by atoms with Crippen LogP contribution in [-0.4, -0.2) is 28.8 Å². The van der Waals surface area contributed by atoms with E-state index in [1.54, 1.807) is 6.20 Å². The van der Waals surface area contributed by atoms with Gasteiger partial charge in [-0.3, -0.25) is 0 Å². The molecule has 0 amide bonds. The van der Waals surface area contributed by atoms with Crippen molar-refractivity contribution in [3.63, 3.8) is 0 Å². The van der Waals surface area contributed by atoms with Gasteiger partial charge < -0.3 is 16.2 Å². The van der Waals surface area contributed by atoms with Crippen molar-refractivity contribution in [2.75, 3.05) is 12.3 Å². The van der Waals surface area contributed by atoms with Gasteiger partial charge in [0, 0.05) is 25.2 Å². The van der Waals surface area contributed by atoms with E-state index in [4.69, 9.17) is 5.73 Å². The van der Waals surface area contributed by atoms with E-state index in [-0.39, 0.29) is 0 Å². The van der Waals surface area contributed by atoms with Crippen LogP contribution in [0.3, 0.4) is 0 Å². The molecule has 84 valence electrons. The highest BCUT2D eigenvalue weighted by Gasteiger charge is 2.08. The number of hydrogen-bond donors (Lipinski definition) is 3. The summed E-state index contributed by atoms with van der Waals surface area (Å²) in [5, 5.41) is 12.9. The summed E-state index contributed by atoms with van der Waals surface area (Å²) in [7, 11) is 0. The van der Waals surface area contributed by atoms with Crippen LogP contribution in [0.15, 0.2) is 18.3 Å². The predicted octanol–water partition coefficient (Wildman–Crippen LogP) is 0.565. The minimum Gasteiger partial charge on any atom is -0.391 e. The molecule has 0 aliphatic heterocycles. The molecule has 0 radical (unpaired) electrons. The highest BCUT2D eigenvalue weighted by molar-refractivity contribution is 5.38. The van der Waals surface area contributed by atoms with Gasteiger partial charge in [-0.2, -0.15) is 0 Å². The number of anilines is 1. The highest BCUT2D eigenvalue weighted by atomic mass is 16.3. The molecule has 15 heavy (non-hydrogen) atoms. The lowest BCUT2D eigenvalue weighted by molar-refractivity contribution is 0.169. The molecule has 0 saturated carbocycles. The molecule has 1 heterocycles. The van der Waals surface area contributed by atoms with Gasteiger partial charge in [0.25, 0.3) is 0 Å². The van der Waals surface area contributed by atoms with Crippen molar-refractivity contribution < 1.29 is 5.11 Å². The van der Waals surface area contributed by atoms with Crippen LogP contribution in [0.1, 0.15) is 19.4 Å². The van der Waals surface area contributed by atoms with Gasteiger partial charge in [-0.05, 0) is 11.6 Å². The van der Waals surface area contributed by atoms with Crippen LogP contribution in [0.2, 0.25) is 0 Å². The summed E-state index contributed by atoms with van der Waals surface area (Å²) in [6.45, 7) is 4.67. The second kappa shape index (κ2) is 5.68. The number of nitrogens with two attached hydrogens (primary N) is 1. The molecular formula is C11H19N3O. The first kappa shape index (κ1) is 11.9. The largest absolute Gasteiger partial charge is 0.391 e. The molecule has 0 spiro atoms. The van der Waals surface area contributed by atoms with E-state index in [1.807, 2.05) is 26.0 Å². The monoisotopic (exact) mass is 209 g/mol. The van der Waals surface area contributed by atoms with Crippen LogP contribution in [-0.2, 0) is 6.42 Å². The lowest BCUT2D eigenvalue weighted by Gasteiger charge is -2.14. The molecule has 1 rings (SSSR count). The zero-order chi connectivity index (χ0) is 11.3. The van der Waals surface area contributed by atoms with Gasteiger partial charge in [0.1, 0.15) is 5.82 Å². The van der Waals surface area contributed by atoms with Gasteiger partial charge in [-0.25, -0.2) is 4.98 Å². The van der Waals surface area contributed by atoms with Gasteiger partial charge in [0.2, 0.25) is 0 Å². The predicted molar refractivity (Wildman–Crippen MR) is 61.5 cm³/mol. The van der Waals surface area contributed by atoms with Gasteiger partial charge in [-0.1, -0.05) is 19.9 Å². The number of nitrogens with one attached hydrogen (secondary N) is 1. The zero-order valence-electron chi connectivity index (χ0n) is 9.27. The summed E-state index contributed by atoms with van der Waals surface area (Å²) in [6, 6.07) is 4.10. The molecule has 4 N–H and O–H groups in total. The summed E-state index contributed by atoms with van der Waals surface area (Å²) >= 11 is 0. The molecule has 0 aromatic carbocycles. The normalized spacial score (nSPS) is 13.1. The Morgan fingerprint density at radius 3 is 2.87 bits per heavy atom. The number of nitrogen functional groups attached to an aromatic ring is 1. The van der Waals surface area contributed by atoms with Gasteiger partial charge >= 0.3 is 0 Å². The average molecular weight is 209 g/mol. The first-order chi connectivity index (χ1) is 7.09. The van der Waals surface area contributed by atoms with E-state index >= 15 is 0 Å². The lowest BCUT2D eigenvalue weighted by Crippen LogP contribution is -2.33. The zero-order valence-corrected chi connectivity index (χ0v) is 9.27. The van der Waals surface area contributed by atoms with Gasteiger partial charge in [0.15, 0.2) is 0 Å². The van der Waals surface area contributed by atoms with Crippen LogP contribution in [0.25, 0.3) is 0 Å². The molecule has 4 nitrogen and oxygen atoms in total. The van der Waals surface area contributed by atoms with E-state index in [1.165, 1.54) is 0 Å². The Bertz CT molecular complexity index is 302. The van der Waals surface area contributed by atoms with E-state index in [2.05, 4.69) is 10.3 Å². The summed E-state index contributed by atoms with van der Waals surface area (Å²) in [4.78, 5) is 3.97. The Morgan fingerprint density at radius 2 is 2.27 bits per heavy atom. The first-order valence-electron chi connectivity index (χ1n) is 5.20. The summed E-state index contributed by atoms with van der Waals surface area (Å²) in [5.74, 6) is 0.501. The fourth-order valence-electron chi connectivity index (χ4n) is 1.32. The van der Waals surface area contributed by atoms with Gasteiger partial charge in [-0.15, -0.1) is 0 Å².